The third kappa shape index (κ3) is 4.31. The van der Waals surface area contributed by atoms with E-state index in [-0.39, 0.29) is 18.3 Å². The fraction of sp³-hybridized carbons (Fsp3) is 0.412. The predicted octanol–water partition coefficient (Wildman–Crippen LogP) is 2.92. The number of aromatic nitrogens is 1. The fourth-order valence-electron chi connectivity index (χ4n) is 3.03. The summed E-state index contributed by atoms with van der Waals surface area (Å²) in [6.07, 6.45) is 4.20. The van der Waals surface area contributed by atoms with Gasteiger partial charge in [0.2, 0.25) is 0 Å². The number of carbonyl (C=O) groups is 1. The SMILES string of the molecule is Cl.NCCc1nc(C(=O)NCC2CCCc3ccccc32)cs1. The lowest BCUT2D eigenvalue weighted by Crippen LogP contribution is -2.30. The van der Waals surface area contributed by atoms with Crippen molar-refractivity contribution in [3.05, 3.63) is 51.5 Å². The number of carbonyl (C=O) groups excluding carboxylic acids is 1. The number of aryl methyl sites for hydroxylation is 1. The second-order valence-corrected chi connectivity index (χ2v) is 6.61. The van der Waals surface area contributed by atoms with Crippen LogP contribution >= 0.6 is 23.7 Å². The van der Waals surface area contributed by atoms with E-state index in [2.05, 4.69) is 34.6 Å². The van der Waals surface area contributed by atoms with Crippen LogP contribution in [0, 0.1) is 0 Å². The van der Waals surface area contributed by atoms with E-state index in [4.69, 9.17) is 5.73 Å². The summed E-state index contributed by atoms with van der Waals surface area (Å²) in [7, 11) is 0. The molecule has 1 aromatic carbocycles. The maximum Gasteiger partial charge on any atom is 0.270 e. The number of thiazole rings is 1. The Hall–Kier alpha value is -1.43. The van der Waals surface area contributed by atoms with E-state index in [0.29, 0.717) is 24.7 Å². The number of hydrogen-bond acceptors (Lipinski definition) is 4. The zero-order valence-corrected chi connectivity index (χ0v) is 14.6. The first kappa shape index (κ1) is 17.9. The van der Waals surface area contributed by atoms with E-state index in [1.165, 1.54) is 28.9 Å². The lowest BCUT2D eigenvalue weighted by atomic mass is 9.83. The normalized spacial score (nSPS) is 16.3. The summed E-state index contributed by atoms with van der Waals surface area (Å²) in [6, 6.07) is 8.56. The van der Waals surface area contributed by atoms with E-state index in [9.17, 15) is 4.79 Å². The molecule has 0 spiro atoms. The molecule has 0 aliphatic heterocycles. The monoisotopic (exact) mass is 351 g/mol. The minimum atomic E-state index is -0.0809. The molecule has 1 heterocycles. The van der Waals surface area contributed by atoms with Crippen molar-refractivity contribution in [3.63, 3.8) is 0 Å². The van der Waals surface area contributed by atoms with Crippen molar-refractivity contribution < 1.29 is 4.79 Å². The molecule has 2 aromatic rings. The minimum absolute atomic E-state index is 0. The lowest BCUT2D eigenvalue weighted by Gasteiger charge is -2.25. The molecule has 1 aliphatic rings. The molecule has 1 aliphatic carbocycles. The van der Waals surface area contributed by atoms with Crippen molar-refractivity contribution in [2.75, 3.05) is 13.1 Å². The van der Waals surface area contributed by atoms with Crippen LogP contribution in [0.1, 0.15) is 45.4 Å². The fourth-order valence-corrected chi connectivity index (χ4v) is 3.82. The second-order valence-electron chi connectivity index (χ2n) is 5.66. The molecule has 23 heavy (non-hydrogen) atoms. The van der Waals surface area contributed by atoms with E-state index in [1.807, 2.05) is 5.38 Å². The van der Waals surface area contributed by atoms with Gasteiger partial charge in [-0.15, -0.1) is 23.7 Å². The van der Waals surface area contributed by atoms with Crippen LogP contribution in [0.3, 0.4) is 0 Å². The van der Waals surface area contributed by atoms with Gasteiger partial charge < -0.3 is 11.1 Å². The second kappa shape index (κ2) is 8.43. The Morgan fingerprint density at radius 1 is 1.39 bits per heavy atom. The first-order chi connectivity index (χ1) is 10.8. The first-order valence-electron chi connectivity index (χ1n) is 7.78. The molecule has 1 atom stereocenters. The van der Waals surface area contributed by atoms with Gasteiger partial charge in [-0.2, -0.15) is 0 Å². The molecule has 6 heteroatoms. The van der Waals surface area contributed by atoms with Gasteiger partial charge in [-0.25, -0.2) is 4.98 Å². The number of nitrogens with zero attached hydrogens (tertiary/aromatic N) is 1. The molecule has 3 rings (SSSR count). The third-order valence-electron chi connectivity index (χ3n) is 4.15. The Bertz CT molecular complexity index is 659. The topological polar surface area (TPSA) is 68.0 Å². The number of fused-ring (bicyclic) bond motifs is 1. The van der Waals surface area contributed by atoms with Crippen molar-refractivity contribution >= 4 is 29.7 Å². The number of hydrogen-bond donors (Lipinski definition) is 2. The van der Waals surface area contributed by atoms with Gasteiger partial charge in [-0.1, -0.05) is 24.3 Å². The van der Waals surface area contributed by atoms with Crippen LogP contribution in [0.4, 0.5) is 0 Å². The van der Waals surface area contributed by atoms with Gasteiger partial charge in [-0.3, -0.25) is 4.79 Å². The smallest absolute Gasteiger partial charge is 0.270 e. The molecule has 3 N–H and O–H groups in total. The van der Waals surface area contributed by atoms with E-state index < -0.39 is 0 Å². The maximum absolute atomic E-state index is 12.2. The van der Waals surface area contributed by atoms with Crippen LogP contribution in [0.2, 0.25) is 0 Å². The first-order valence-corrected chi connectivity index (χ1v) is 8.66. The standard InChI is InChI=1S/C17H21N3OS.ClH/c18-9-8-16-20-15(11-22-16)17(21)19-10-13-6-3-5-12-4-1-2-7-14(12)13;/h1-2,4,7,11,13H,3,5-6,8-10,18H2,(H,19,21);1H. The summed E-state index contributed by atoms with van der Waals surface area (Å²) in [4.78, 5) is 16.6. The minimum Gasteiger partial charge on any atom is -0.350 e. The van der Waals surface area contributed by atoms with Crippen molar-refractivity contribution in [2.24, 2.45) is 5.73 Å². The summed E-state index contributed by atoms with van der Waals surface area (Å²) in [5.41, 5.74) is 8.83. The molecule has 1 unspecified atom stereocenters. The Balaban J connectivity index is 0.00000192. The van der Waals surface area contributed by atoms with Crippen molar-refractivity contribution in [1.82, 2.24) is 10.3 Å². The zero-order chi connectivity index (χ0) is 15.4. The number of rotatable bonds is 5. The molecule has 0 saturated carbocycles. The van der Waals surface area contributed by atoms with Gasteiger partial charge in [-0.05, 0) is 36.9 Å². The summed E-state index contributed by atoms with van der Waals surface area (Å²) < 4.78 is 0. The number of nitrogens with one attached hydrogen (secondary N) is 1. The molecular formula is C17H22ClN3OS. The number of amides is 1. The number of nitrogens with two attached hydrogens (primary N) is 1. The van der Waals surface area contributed by atoms with Crippen LogP contribution in [0.25, 0.3) is 0 Å². The van der Waals surface area contributed by atoms with Gasteiger partial charge >= 0.3 is 0 Å². The van der Waals surface area contributed by atoms with Crippen LogP contribution in [-0.4, -0.2) is 24.0 Å². The van der Waals surface area contributed by atoms with E-state index >= 15 is 0 Å². The van der Waals surface area contributed by atoms with Crippen LogP contribution in [0.5, 0.6) is 0 Å². The highest BCUT2D eigenvalue weighted by molar-refractivity contribution is 7.09. The van der Waals surface area contributed by atoms with Gasteiger partial charge in [0.1, 0.15) is 5.69 Å². The van der Waals surface area contributed by atoms with Crippen molar-refractivity contribution in [3.8, 4) is 0 Å². The summed E-state index contributed by atoms with van der Waals surface area (Å²) in [5.74, 6) is 0.332. The van der Waals surface area contributed by atoms with Crippen LogP contribution in [0.15, 0.2) is 29.6 Å². The van der Waals surface area contributed by atoms with Crippen LogP contribution < -0.4 is 11.1 Å². The van der Waals surface area contributed by atoms with E-state index in [1.54, 1.807) is 0 Å². The van der Waals surface area contributed by atoms with Crippen LogP contribution in [-0.2, 0) is 12.8 Å². The molecule has 0 saturated heterocycles. The molecule has 1 amide bonds. The van der Waals surface area contributed by atoms with Gasteiger partial charge in [0.15, 0.2) is 0 Å². The molecule has 0 bridgehead atoms. The number of benzene rings is 1. The Kier molecular flexibility index (Phi) is 6.57. The maximum atomic E-state index is 12.2. The molecular weight excluding hydrogens is 330 g/mol. The summed E-state index contributed by atoms with van der Waals surface area (Å²) in [6.45, 7) is 1.24. The highest BCUT2D eigenvalue weighted by Gasteiger charge is 2.21. The quantitative estimate of drug-likeness (QED) is 0.870. The zero-order valence-electron chi connectivity index (χ0n) is 13.0. The summed E-state index contributed by atoms with van der Waals surface area (Å²) in [5, 5.41) is 5.78. The highest BCUT2D eigenvalue weighted by Crippen LogP contribution is 2.30. The molecule has 1 aromatic heterocycles. The predicted molar refractivity (Wildman–Crippen MR) is 96.6 cm³/mol. The van der Waals surface area contributed by atoms with E-state index in [0.717, 1.165) is 24.3 Å². The Morgan fingerprint density at radius 3 is 3.04 bits per heavy atom. The summed E-state index contributed by atoms with van der Waals surface area (Å²) >= 11 is 1.50. The van der Waals surface area contributed by atoms with Crippen molar-refractivity contribution in [1.29, 1.82) is 0 Å². The van der Waals surface area contributed by atoms with Crippen molar-refractivity contribution in [2.45, 2.75) is 31.6 Å². The Labute approximate surface area is 146 Å². The molecule has 0 radical (unpaired) electrons. The van der Waals surface area contributed by atoms with Gasteiger partial charge in [0.25, 0.3) is 5.91 Å². The largest absolute Gasteiger partial charge is 0.350 e. The lowest BCUT2D eigenvalue weighted by molar-refractivity contribution is 0.0946. The molecule has 0 fully saturated rings. The number of halogens is 1. The Morgan fingerprint density at radius 2 is 2.22 bits per heavy atom. The molecule has 124 valence electrons. The molecule has 4 nitrogen and oxygen atoms in total. The highest BCUT2D eigenvalue weighted by atomic mass is 35.5. The van der Waals surface area contributed by atoms with Gasteiger partial charge in [0.05, 0.1) is 5.01 Å². The average molecular weight is 352 g/mol. The van der Waals surface area contributed by atoms with Gasteiger partial charge in [0, 0.05) is 24.3 Å². The average Bonchev–Trinajstić information content (AvgIpc) is 3.02. The third-order valence-corrected chi connectivity index (χ3v) is 5.05.